The summed E-state index contributed by atoms with van der Waals surface area (Å²) >= 11 is 0. The average molecular weight is 249 g/mol. The Labute approximate surface area is 104 Å². The van der Waals surface area contributed by atoms with Crippen molar-refractivity contribution in [3.05, 3.63) is 18.2 Å². The number of nitrogens with zero attached hydrogens (tertiary/aromatic N) is 2. The predicted octanol–water partition coefficient (Wildman–Crippen LogP) is 1.48. The smallest absolute Gasteiger partial charge is 0.194 e. The van der Waals surface area contributed by atoms with Crippen LogP contribution >= 0.6 is 0 Å². The molecule has 3 rings (SSSR count). The van der Waals surface area contributed by atoms with Gasteiger partial charge in [0.2, 0.25) is 0 Å². The summed E-state index contributed by atoms with van der Waals surface area (Å²) < 4.78 is 11.3. The Bertz CT molecular complexity index is 554. The molecular formula is C12H15N3O3. The van der Waals surface area contributed by atoms with Gasteiger partial charge >= 0.3 is 0 Å². The van der Waals surface area contributed by atoms with Crippen LogP contribution in [0.3, 0.4) is 0 Å². The lowest BCUT2D eigenvalue weighted by Crippen LogP contribution is -2.10. The summed E-state index contributed by atoms with van der Waals surface area (Å²) in [7, 11) is 1.79. The molecule has 3 heterocycles. The van der Waals surface area contributed by atoms with Crippen molar-refractivity contribution in [1.29, 1.82) is 0 Å². The molecule has 0 saturated carbocycles. The molecule has 2 aromatic rings. The molecule has 1 aliphatic rings. The number of furan rings is 1. The number of aromatic nitrogens is 2. The second kappa shape index (κ2) is 4.55. The molecular weight excluding hydrogens is 234 g/mol. The normalized spacial score (nSPS) is 23.7. The fourth-order valence-corrected chi connectivity index (χ4v) is 2.34. The standard InChI is InChI=1S/C12H15N3O3/c1-13-12-11-10(14-6-15-12)8(5-17-11)9-3-2-7(4-16)18-9/h5-7,9,16H,2-4H2,1H3,(H,13,14,15)/t7-,9+/m0/s1. The van der Waals surface area contributed by atoms with Gasteiger partial charge in [-0.25, -0.2) is 9.97 Å². The van der Waals surface area contributed by atoms with Crippen molar-refractivity contribution in [1.82, 2.24) is 9.97 Å². The first-order chi connectivity index (χ1) is 8.83. The second-order valence-corrected chi connectivity index (χ2v) is 4.35. The van der Waals surface area contributed by atoms with E-state index in [1.165, 1.54) is 6.33 Å². The van der Waals surface area contributed by atoms with Gasteiger partial charge in [0, 0.05) is 12.6 Å². The van der Waals surface area contributed by atoms with Gasteiger partial charge in [-0.15, -0.1) is 0 Å². The van der Waals surface area contributed by atoms with Crippen LogP contribution in [-0.4, -0.2) is 34.8 Å². The summed E-state index contributed by atoms with van der Waals surface area (Å²) in [6.45, 7) is 0.0586. The molecule has 0 unspecified atom stereocenters. The lowest BCUT2D eigenvalue weighted by Gasteiger charge is -2.10. The molecule has 18 heavy (non-hydrogen) atoms. The van der Waals surface area contributed by atoms with E-state index in [4.69, 9.17) is 14.3 Å². The molecule has 0 bridgehead atoms. The van der Waals surface area contributed by atoms with Crippen LogP contribution in [0.2, 0.25) is 0 Å². The molecule has 96 valence electrons. The highest BCUT2D eigenvalue weighted by Crippen LogP contribution is 2.37. The molecule has 1 aliphatic heterocycles. The van der Waals surface area contributed by atoms with E-state index < -0.39 is 0 Å². The minimum Gasteiger partial charge on any atom is -0.458 e. The number of fused-ring (bicyclic) bond motifs is 1. The first-order valence-electron chi connectivity index (χ1n) is 5.99. The minimum atomic E-state index is -0.0782. The van der Waals surface area contributed by atoms with E-state index in [9.17, 15) is 0 Å². The van der Waals surface area contributed by atoms with Crippen molar-refractivity contribution in [2.45, 2.75) is 25.0 Å². The summed E-state index contributed by atoms with van der Waals surface area (Å²) in [6.07, 6.45) is 4.78. The van der Waals surface area contributed by atoms with Crippen LogP contribution < -0.4 is 5.32 Å². The Morgan fingerprint density at radius 2 is 2.33 bits per heavy atom. The largest absolute Gasteiger partial charge is 0.458 e. The monoisotopic (exact) mass is 249 g/mol. The van der Waals surface area contributed by atoms with E-state index in [0.717, 1.165) is 23.9 Å². The number of nitrogens with one attached hydrogen (secondary N) is 1. The predicted molar refractivity (Wildman–Crippen MR) is 65.3 cm³/mol. The number of anilines is 1. The van der Waals surface area contributed by atoms with Gasteiger partial charge in [-0.3, -0.25) is 0 Å². The maximum Gasteiger partial charge on any atom is 0.194 e. The first kappa shape index (κ1) is 11.4. The third-order valence-corrected chi connectivity index (χ3v) is 3.28. The Morgan fingerprint density at radius 1 is 1.44 bits per heavy atom. The van der Waals surface area contributed by atoms with Crippen LogP contribution in [0.1, 0.15) is 24.5 Å². The lowest BCUT2D eigenvalue weighted by molar-refractivity contribution is 0.0112. The Kier molecular flexibility index (Phi) is 2.89. The number of hydrogen-bond acceptors (Lipinski definition) is 6. The fraction of sp³-hybridized carbons (Fsp3) is 0.500. The maximum atomic E-state index is 9.09. The zero-order valence-electron chi connectivity index (χ0n) is 10.1. The van der Waals surface area contributed by atoms with Gasteiger partial charge in [-0.2, -0.15) is 0 Å². The molecule has 6 heteroatoms. The van der Waals surface area contributed by atoms with Gasteiger partial charge in [0.15, 0.2) is 11.4 Å². The van der Waals surface area contributed by atoms with Crippen molar-refractivity contribution in [3.8, 4) is 0 Å². The van der Waals surface area contributed by atoms with Gasteiger partial charge in [0.25, 0.3) is 0 Å². The number of rotatable bonds is 3. The summed E-state index contributed by atoms with van der Waals surface area (Å²) in [5.74, 6) is 0.669. The maximum absolute atomic E-state index is 9.09. The highest BCUT2D eigenvalue weighted by Gasteiger charge is 2.29. The topological polar surface area (TPSA) is 80.4 Å². The van der Waals surface area contributed by atoms with E-state index >= 15 is 0 Å². The summed E-state index contributed by atoms with van der Waals surface area (Å²) in [4.78, 5) is 8.36. The van der Waals surface area contributed by atoms with Crippen LogP contribution in [0.4, 0.5) is 5.82 Å². The van der Waals surface area contributed by atoms with Crippen molar-refractivity contribution >= 4 is 16.9 Å². The zero-order valence-corrected chi connectivity index (χ0v) is 10.1. The van der Waals surface area contributed by atoms with Crippen LogP contribution in [-0.2, 0) is 4.74 Å². The molecule has 0 spiro atoms. The lowest BCUT2D eigenvalue weighted by atomic mass is 10.1. The molecule has 0 aromatic carbocycles. The zero-order chi connectivity index (χ0) is 12.5. The Balaban J connectivity index is 1.98. The van der Waals surface area contributed by atoms with Gasteiger partial charge in [-0.05, 0) is 12.8 Å². The minimum absolute atomic E-state index is 0.0528. The molecule has 2 aromatic heterocycles. The van der Waals surface area contributed by atoms with Crippen molar-refractivity contribution in [2.75, 3.05) is 19.0 Å². The number of aliphatic hydroxyl groups is 1. The molecule has 2 atom stereocenters. The average Bonchev–Trinajstić information content (AvgIpc) is 3.03. The molecule has 0 amide bonds. The van der Waals surface area contributed by atoms with Crippen LogP contribution in [0, 0.1) is 0 Å². The van der Waals surface area contributed by atoms with Gasteiger partial charge in [-0.1, -0.05) is 0 Å². The third-order valence-electron chi connectivity index (χ3n) is 3.28. The van der Waals surface area contributed by atoms with Crippen LogP contribution in [0.25, 0.3) is 11.1 Å². The number of hydrogen-bond donors (Lipinski definition) is 2. The molecule has 1 fully saturated rings. The van der Waals surface area contributed by atoms with E-state index in [0.29, 0.717) is 11.4 Å². The van der Waals surface area contributed by atoms with Crippen LogP contribution in [0.5, 0.6) is 0 Å². The van der Waals surface area contributed by atoms with Gasteiger partial charge in [0.1, 0.15) is 11.8 Å². The van der Waals surface area contributed by atoms with Gasteiger partial charge in [0.05, 0.1) is 25.1 Å². The Hall–Kier alpha value is -1.66. The molecule has 0 radical (unpaired) electrons. The highest BCUT2D eigenvalue weighted by molar-refractivity contribution is 5.86. The first-order valence-corrected chi connectivity index (χ1v) is 5.99. The Morgan fingerprint density at radius 3 is 3.06 bits per heavy atom. The van der Waals surface area contributed by atoms with E-state index in [-0.39, 0.29) is 18.8 Å². The van der Waals surface area contributed by atoms with E-state index in [1.54, 1.807) is 13.3 Å². The van der Waals surface area contributed by atoms with E-state index in [1.807, 2.05) is 0 Å². The van der Waals surface area contributed by atoms with Gasteiger partial charge < -0.3 is 19.6 Å². The SMILES string of the molecule is CNc1ncnc2c([C@H]3CC[C@@H](CO)O3)coc12. The van der Waals surface area contributed by atoms with E-state index in [2.05, 4.69) is 15.3 Å². The number of aliphatic hydroxyl groups excluding tert-OH is 1. The quantitative estimate of drug-likeness (QED) is 0.857. The van der Waals surface area contributed by atoms with Crippen molar-refractivity contribution in [3.63, 3.8) is 0 Å². The highest BCUT2D eigenvalue weighted by atomic mass is 16.5. The molecule has 1 saturated heterocycles. The summed E-state index contributed by atoms with van der Waals surface area (Å²) in [6, 6.07) is 0. The second-order valence-electron chi connectivity index (χ2n) is 4.35. The summed E-state index contributed by atoms with van der Waals surface area (Å²) in [5, 5.41) is 12.1. The molecule has 2 N–H and O–H groups in total. The summed E-state index contributed by atoms with van der Waals surface area (Å²) in [5.41, 5.74) is 2.35. The van der Waals surface area contributed by atoms with Crippen molar-refractivity contribution in [2.24, 2.45) is 0 Å². The fourth-order valence-electron chi connectivity index (χ4n) is 2.34. The molecule has 0 aliphatic carbocycles. The molecule has 6 nitrogen and oxygen atoms in total. The van der Waals surface area contributed by atoms with Crippen LogP contribution in [0.15, 0.2) is 17.0 Å². The number of ether oxygens (including phenoxy) is 1. The third kappa shape index (κ3) is 1.74. The van der Waals surface area contributed by atoms with Crippen molar-refractivity contribution < 1.29 is 14.3 Å².